The monoisotopic (exact) mass is 465 g/mol. The largest absolute Gasteiger partial charge is 0.497 e. The second-order valence-electron chi connectivity index (χ2n) is 10.4. The number of nitrogens with zero attached hydrogens (tertiary/aromatic N) is 3. The molecule has 1 aromatic carbocycles. The summed E-state index contributed by atoms with van der Waals surface area (Å²) in [6.07, 6.45) is 12.1. The average Bonchev–Trinajstić information content (AvgIpc) is 2.84. The summed E-state index contributed by atoms with van der Waals surface area (Å²) in [5, 5.41) is 17.0. The van der Waals surface area contributed by atoms with E-state index in [0.29, 0.717) is 17.9 Å². The molecule has 7 heteroatoms. The van der Waals surface area contributed by atoms with Crippen LogP contribution in [0.25, 0.3) is 0 Å². The van der Waals surface area contributed by atoms with E-state index < -0.39 is 0 Å². The van der Waals surface area contributed by atoms with E-state index >= 15 is 0 Å². The van der Waals surface area contributed by atoms with Crippen LogP contribution in [-0.2, 0) is 0 Å². The van der Waals surface area contributed by atoms with Gasteiger partial charge >= 0.3 is 0 Å². The lowest BCUT2D eigenvalue weighted by atomic mass is 9.84. The van der Waals surface area contributed by atoms with Crippen LogP contribution in [0.4, 0.5) is 17.5 Å². The Labute approximate surface area is 203 Å². The molecular formula is C27H39N5O2. The number of aliphatic hydroxyl groups excluding tert-OH is 1. The topological polar surface area (TPSA) is 82.5 Å². The molecule has 2 saturated carbocycles. The number of methoxy groups -OCH3 is 1. The highest BCUT2D eigenvalue weighted by atomic mass is 16.5. The Hall–Kier alpha value is -2.38. The first-order chi connectivity index (χ1) is 16.7. The molecular weight excluding hydrogens is 426 g/mol. The number of hydrogen-bond donors (Lipinski definition) is 3. The number of aromatic nitrogens is 2. The number of hydrogen-bond acceptors (Lipinski definition) is 7. The van der Waals surface area contributed by atoms with Gasteiger partial charge in [0.05, 0.1) is 13.2 Å². The van der Waals surface area contributed by atoms with Crippen LogP contribution in [0.2, 0.25) is 0 Å². The van der Waals surface area contributed by atoms with E-state index in [1.807, 2.05) is 30.5 Å². The molecule has 0 bridgehead atoms. The van der Waals surface area contributed by atoms with E-state index in [0.717, 1.165) is 61.7 Å². The van der Waals surface area contributed by atoms with Crippen LogP contribution in [0, 0.1) is 5.92 Å². The Kier molecular flexibility index (Phi) is 7.50. The number of piperidine rings is 1. The predicted molar refractivity (Wildman–Crippen MR) is 136 cm³/mol. The maximum Gasteiger partial charge on any atom is 0.229 e. The molecule has 0 radical (unpaired) electrons. The molecule has 0 amide bonds. The first-order valence-electron chi connectivity index (χ1n) is 13.1. The minimum atomic E-state index is -0.159. The normalized spacial score (nSPS) is 24.4. The minimum absolute atomic E-state index is 0.159. The lowest BCUT2D eigenvalue weighted by molar-refractivity contribution is 0.126. The Morgan fingerprint density at radius 1 is 1.06 bits per heavy atom. The highest BCUT2D eigenvalue weighted by molar-refractivity contribution is 5.58. The summed E-state index contributed by atoms with van der Waals surface area (Å²) in [5.41, 5.74) is 2.15. The lowest BCUT2D eigenvalue weighted by Gasteiger charge is -2.37. The van der Waals surface area contributed by atoms with Crippen LogP contribution < -0.4 is 15.4 Å². The van der Waals surface area contributed by atoms with Gasteiger partial charge in [-0.2, -0.15) is 4.98 Å². The zero-order valence-electron chi connectivity index (χ0n) is 20.4. The van der Waals surface area contributed by atoms with E-state index in [4.69, 9.17) is 14.7 Å². The molecule has 184 valence electrons. The molecule has 1 aromatic heterocycles. The van der Waals surface area contributed by atoms with Gasteiger partial charge in [-0.05, 0) is 88.4 Å². The molecule has 2 aliphatic carbocycles. The SMILES string of the molecule is COc1cccc(Nc2ncc(C3CCN(CC4CCC4)CC3)c(NC3CCC(O)CC3)n2)c1. The standard InChI is InChI=1S/C27H39N5O2/c1-34-24-7-3-6-22(16-24)30-27-28-17-25(26(31-27)29-21-8-10-23(33)11-9-21)20-12-14-32(15-13-20)18-19-4-2-5-19/h3,6-7,16-17,19-21,23,33H,2,4-5,8-15,18H2,1H3,(H2,28,29,30,31). The maximum absolute atomic E-state index is 9.93. The van der Waals surface area contributed by atoms with E-state index in [1.165, 1.54) is 44.5 Å². The van der Waals surface area contributed by atoms with Crippen molar-refractivity contribution in [1.82, 2.24) is 14.9 Å². The van der Waals surface area contributed by atoms with Crippen molar-refractivity contribution in [2.45, 2.75) is 75.9 Å². The van der Waals surface area contributed by atoms with E-state index in [1.54, 1.807) is 7.11 Å². The van der Waals surface area contributed by atoms with Gasteiger partial charge in [-0.3, -0.25) is 0 Å². The van der Waals surface area contributed by atoms with Crippen LogP contribution in [-0.4, -0.2) is 58.9 Å². The molecule has 2 aromatic rings. The van der Waals surface area contributed by atoms with Crippen LogP contribution >= 0.6 is 0 Å². The molecule has 1 aliphatic heterocycles. The molecule has 1 saturated heterocycles. The van der Waals surface area contributed by atoms with Crippen molar-refractivity contribution in [2.75, 3.05) is 37.4 Å². The third kappa shape index (κ3) is 5.81. The van der Waals surface area contributed by atoms with Gasteiger partial charge in [0.25, 0.3) is 0 Å². The number of anilines is 3. The molecule has 3 N–H and O–H groups in total. The van der Waals surface area contributed by atoms with Gasteiger partial charge in [0, 0.05) is 36.1 Å². The van der Waals surface area contributed by atoms with Crippen molar-refractivity contribution in [3.8, 4) is 5.75 Å². The third-order valence-electron chi connectivity index (χ3n) is 7.95. The second kappa shape index (κ2) is 10.9. The number of likely N-dealkylation sites (tertiary alicyclic amines) is 1. The van der Waals surface area contributed by atoms with Gasteiger partial charge in [-0.25, -0.2) is 4.98 Å². The third-order valence-corrected chi connectivity index (χ3v) is 7.95. The first-order valence-corrected chi connectivity index (χ1v) is 13.1. The van der Waals surface area contributed by atoms with Crippen LogP contribution in [0.15, 0.2) is 30.5 Å². The molecule has 2 heterocycles. The predicted octanol–water partition coefficient (Wildman–Crippen LogP) is 4.92. The summed E-state index contributed by atoms with van der Waals surface area (Å²) in [4.78, 5) is 12.3. The Morgan fingerprint density at radius 2 is 1.85 bits per heavy atom. The fourth-order valence-electron chi connectivity index (χ4n) is 5.58. The van der Waals surface area contributed by atoms with Gasteiger partial charge in [0.15, 0.2) is 0 Å². The summed E-state index contributed by atoms with van der Waals surface area (Å²) in [7, 11) is 1.67. The minimum Gasteiger partial charge on any atom is -0.497 e. The molecule has 3 fully saturated rings. The zero-order valence-corrected chi connectivity index (χ0v) is 20.4. The second-order valence-corrected chi connectivity index (χ2v) is 10.4. The fraction of sp³-hybridized carbons (Fsp3) is 0.630. The summed E-state index contributed by atoms with van der Waals surface area (Å²) < 4.78 is 5.35. The van der Waals surface area contributed by atoms with E-state index in [9.17, 15) is 5.11 Å². The maximum atomic E-state index is 9.93. The van der Waals surface area contributed by atoms with Crippen molar-refractivity contribution in [1.29, 1.82) is 0 Å². The van der Waals surface area contributed by atoms with E-state index in [2.05, 4.69) is 15.5 Å². The lowest BCUT2D eigenvalue weighted by Crippen LogP contribution is -2.38. The smallest absolute Gasteiger partial charge is 0.229 e. The van der Waals surface area contributed by atoms with Crippen molar-refractivity contribution < 1.29 is 9.84 Å². The first kappa shape index (κ1) is 23.4. The van der Waals surface area contributed by atoms with Gasteiger partial charge in [0.2, 0.25) is 5.95 Å². The number of nitrogens with one attached hydrogen (secondary N) is 2. The summed E-state index contributed by atoms with van der Waals surface area (Å²) in [5.74, 6) is 3.77. The molecule has 5 rings (SSSR count). The van der Waals surface area contributed by atoms with Gasteiger partial charge in [0.1, 0.15) is 11.6 Å². The molecule has 34 heavy (non-hydrogen) atoms. The van der Waals surface area contributed by atoms with Gasteiger partial charge in [-0.1, -0.05) is 12.5 Å². The molecule has 0 unspecified atom stereocenters. The highest BCUT2D eigenvalue weighted by Crippen LogP contribution is 2.35. The van der Waals surface area contributed by atoms with Crippen molar-refractivity contribution in [3.63, 3.8) is 0 Å². The number of ether oxygens (including phenoxy) is 1. The number of rotatable bonds is 8. The number of aliphatic hydroxyl groups is 1. The van der Waals surface area contributed by atoms with Crippen molar-refractivity contribution in [2.24, 2.45) is 5.92 Å². The van der Waals surface area contributed by atoms with Crippen molar-refractivity contribution in [3.05, 3.63) is 36.0 Å². The van der Waals surface area contributed by atoms with E-state index in [-0.39, 0.29) is 6.10 Å². The Balaban J connectivity index is 1.31. The van der Waals surface area contributed by atoms with Gasteiger partial charge in [-0.15, -0.1) is 0 Å². The van der Waals surface area contributed by atoms with Crippen LogP contribution in [0.1, 0.15) is 69.3 Å². The molecule has 0 spiro atoms. The van der Waals surface area contributed by atoms with Crippen LogP contribution in [0.3, 0.4) is 0 Å². The van der Waals surface area contributed by atoms with Gasteiger partial charge < -0.3 is 25.4 Å². The fourth-order valence-corrected chi connectivity index (χ4v) is 5.58. The van der Waals surface area contributed by atoms with Crippen LogP contribution in [0.5, 0.6) is 5.75 Å². The highest BCUT2D eigenvalue weighted by Gasteiger charge is 2.28. The number of benzene rings is 1. The molecule has 7 nitrogen and oxygen atoms in total. The van der Waals surface area contributed by atoms with Crippen molar-refractivity contribution >= 4 is 17.5 Å². The summed E-state index contributed by atoms with van der Waals surface area (Å²) >= 11 is 0. The quantitative estimate of drug-likeness (QED) is 0.510. The molecule has 3 aliphatic rings. The summed E-state index contributed by atoms with van der Waals surface area (Å²) in [6.45, 7) is 3.61. The molecule has 0 atom stereocenters. The zero-order chi connectivity index (χ0) is 23.3. The summed E-state index contributed by atoms with van der Waals surface area (Å²) in [6, 6.07) is 8.18. The Bertz CT molecular complexity index is 934. The Morgan fingerprint density at radius 3 is 2.56 bits per heavy atom. The average molecular weight is 466 g/mol.